The van der Waals surface area contributed by atoms with Crippen molar-refractivity contribution >= 4 is 17.7 Å². The zero-order valence-corrected chi connectivity index (χ0v) is 18.3. The highest BCUT2D eigenvalue weighted by Crippen LogP contribution is 2.36. The van der Waals surface area contributed by atoms with Gasteiger partial charge in [0.2, 0.25) is 0 Å². The molecule has 32 heavy (non-hydrogen) atoms. The van der Waals surface area contributed by atoms with Gasteiger partial charge in [0.15, 0.2) is 6.61 Å². The number of hydrogen-bond acceptors (Lipinski definition) is 6. The van der Waals surface area contributed by atoms with Crippen molar-refractivity contribution in [2.24, 2.45) is 0 Å². The van der Waals surface area contributed by atoms with Crippen molar-refractivity contribution < 1.29 is 37.0 Å². The molecule has 1 aromatic carbocycles. The first-order chi connectivity index (χ1) is 14.9. The van der Waals surface area contributed by atoms with E-state index in [9.17, 15) is 22.8 Å². The lowest BCUT2D eigenvalue weighted by Crippen LogP contribution is -2.48. The Kier molecular flexibility index (Phi) is 7.06. The highest BCUT2D eigenvalue weighted by Gasteiger charge is 2.33. The summed E-state index contributed by atoms with van der Waals surface area (Å²) in [4.78, 5) is 27.9. The van der Waals surface area contributed by atoms with E-state index >= 15 is 0 Å². The van der Waals surface area contributed by atoms with Gasteiger partial charge in [-0.2, -0.15) is 0 Å². The van der Waals surface area contributed by atoms with Crippen molar-refractivity contribution in [3.8, 4) is 11.5 Å². The van der Waals surface area contributed by atoms with Gasteiger partial charge in [0.05, 0.1) is 5.69 Å². The molecule has 3 rings (SSSR count). The first kappa shape index (κ1) is 24.0. The normalized spacial score (nSPS) is 18.1. The van der Waals surface area contributed by atoms with Gasteiger partial charge in [-0.05, 0) is 45.7 Å². The Bertz CT molecular complexity index is 833. The number of carbonyl (C=O) groups is 2. The molecule has 1 N–H and O–H groups in total. The molecule has 0 saturated carbocycles. The number of halogens is 3. The molecule has 2 aliphatic rings. The Labute approximate surface area is 184 Å². The maximum atomic E-state index is 12.6. The largest absolute Gasteiger partial charge is 0.573 e. The topological polar surface area (TPSA) is 80.3 Å². The van der Waals surface area contributed by atoms with Crippen LogP contribution in [0.3, 0.4) is 0 Å². The van der Waals surface area contributed by atoms with Crippen LogP contribution in [0.1, 0.15) is 33.6 Å². The smallest absolute Gasteiger partial charge is 0.482 e. The fourth-order valence-corrected chi connectivity index (χ4v) is 3.64. The molecule has 178 valence electrons. The van der Waals surface area contributed by atoms with Crippen LogP contribution in [0, 0.1) is 0 Å². The van der Waals surface area contributed by atoms with E-state index in [1.54, 1.807) is 20.8 Å². The van der Waals surface area contributed by atoms with Gasteiger partial charge in [0.1, 0.15) is 17.1 Å². The molecule has 0 radical (unpaired) electrons. The maximum absolute atomic E-state index is 12.6. The second-order valence-electron chi connectivity index (χ2n) is 8.77. The number of rotatable bonds is 5. The number of ether oxygens (including phenoxy) is 3. The lowest BCUT2D eigenvalue weighted by Gasteiger charge is -2.35. The van der Waals surface area contributed by atoms with Crippen LogP contribution in [0.4, 0.5) is 23.7 Å². The van der Waals surface area contributed by atoms with E-state index in [0.29, 0.717) is 31.9 Å². The van der Waals surface area contributed by atoms with E-state index in [1.807, 2.05) is 0 Å². The maximum Gasteiger partial charge on any atom is 0.573 e. The molecule has 2 aliphatic heterocycles. The summed E-state index contributed by atoms with van der Waals surface area (Å²) in [6, 6.07) is 3.69. The molecule has 0 spiro atoms. The molecular formula is C21H28F3N3O5. The average Bonchev–Trinajstić information content (AvgIpc) is 2.65. The van der Waals surface area contributed by atoms with Gasteiger partial charge < -0.3 is 29.3 Å². The van der Waals surface area contributed by atoms with E-state index in [1.165, 1.54) is 11.0 Å². The first-order valence-corrected chi connectivity index (χ1v) is 10.4. The number of carbonyl (C=O) groups excluding carboxylic acids is 2. The number of likely N-dealkylation sites (tertiary alicyclic amines) is 1. The molecule has 11 heteroatoms. The van der Waals surface area contributed by atoms with E-state index in [0.717, 1.165) is 25.0 Å². The Morgan fingerprint density at radius 3 is 2.50 bits per heavy atom. The van der Waals surface area contributed by atoms with Crippen LogP contribution >= 0.6 is 0 Å². The number of nitrogens with zero attached hydrogens (tertiary/aromatic N) is 2. The molecule has 0 aromatic heterocycles. The third-order valence-corrected chi connectivity index (χ3v) is 5.06. The third kappa shape index (κ3) is 6.91. The van der Waals surface area contributed by atoms with Crippen molar-refractivity contribution in [3.63, 3.8) is 0 Å². The molecule has 1 aromatic rings. The lowest BCUT2D eigenvalue weighted by molar-refractivity contribution is -0.274. The zero-order chi connectivity index (χ0) is 23.5. The molecule has 0 aliphatic carbocycles. The van der Waals surface area contributed by atoms with Crippen molar-refractivity contribution in [2.75, 3.05) is 37.7 Å². The highest BCUT2D eigenvalue weighted by molar-refractivity contribution is 5.98. The zero-order valence-electron chi connectivity index (χ0n) is 18.3. The fourth-order valence-electron chi connectivity index (χ4n) is 3.64. The van der Waals surface area contributed by atoms with Gasteiger partial charge >= 0.3 is 12.5 Å². The Hall–Kier alpha value is -2.69. The van der Waals surface area contributed by atoms with Crippen molar-refractivity contribution in [2.45, 2.75) is 51.6 Å². The monoisotopic (exact) mass is 459 g/mol. The predicted octanol–water partition coefficient (Wildman–Crippen LogP) is 3.30. The summed E-state index contributed by atoms with van der Waals surface area (Å²) in [5.41, 5.74) is -0.305. The fraction of sp³-hybridized carbons (Fsp3) is 0.619. The minimum absolute atomic E-state index is 0.00826. The molecular weight excluding hydrogens is 431 g/mol. The Balaban J connectivity index is 1.54. The van der Waals surface area contributed by atoms with Gasteiger partial charge in [0.25, 0.3) is 5.91 Å². The summed E-state index contributed by atoms with van der Waals surface area (Å²) in [7, 11) is 0. The number of anilines is 1. The second kappa shape index (κ2) is 9.43. The number of piperidine rings is 1. The van der Waals surface area contributed by atoms with E-state index in [-0.39, 0.29) is 24.2 Å². The van der Waals surface area contributed by atoms with E-state index in [2.05, 4.69) is 15.0 Å². The van der Waals surface area contributed by atoms with Crippen molar-refractivity contribution in [1.29, 1.82) is 0 Å². The summed E-state index contributed by atoms with van der Waals surface area (Å²) in [6.45, 7) is 7.50. The van der Waals surface area contributed by atoms with Crippen LogP contribution in [0.2, 0.25) is 0 Å². The second-order valence-corrected chi connectivity index (χ2v) is 8.77. The number of alkyl carbamates (subject to hydrolysis) is 1. The van der Waals surface area contributed by atoms with Crippen molar-refractivity contribution in [3.05, 3.63) is 18.2 Å². The van der Waals surface area contributed by atoms with Crippen LogP contribution in [0.15, 0.2) is 18.2 Å². The van der Waals surface area contributed by atoms with E-state index < -0.39 is 23.8 Å². The third-order valence-electron chi connectivity index (χ3n) is 5.06. The molecule has 2 heterocycles. The highest BCUT2D eigenvalue weighted by atomic mass is 19.4. The molecule has 2 amide bonds. The predicted molar refractivity (Wildman–Crippen MR) is 110 cm³/mol. The van der Waals surface area contributed by atoms with Gasteiger partial charge in [-0.1, -0.05) is 0 Å². The van der Waals surface area contributed by atoms with Crippen LogP contribution < -0.4 is 19.7 Å². The van der Waals surface area contributed by atoms with Crippen LogP contribution in [-0.2, 0) is 9.53 Å². The summed E-state index contributed by atoms with van der Waals surface area (Å²) >= 11 is 0. The minimum Gasteiger partial charge on any atom is -0.482 e. The number of alkyl halides is 3. The lowest BCUT2D eigenvalue weighted by atomic mass is 10.1. The number of amides is 2. The SMILES string of the molecule is CC(C)(C)OC(=O)NC1CCN(CCN2C(=O)COc3ccc(OC(F)(F)F)cc32)CC1. The van der Waals surface area contributed by atoms with E-state index in [4.69, 9.17) is 9.47 Å². The summed E-state index contributed by atoms with van der Waals surface area (Å²) in [5, 5.41) is 2.87. The molecule has 1 saturated heterocycles. The summed E-state index contributed by atoms with van der Waals surface area (Å²) in [6.07, 6.45) is -3.80. The number of nitrogens with one attached hydrogen (secondary N) is 1. The Morgan fingerprint density at radius 1 is 1.19 bits per heavy atom. The van der Waals surface area contributed by atoms with Gasteiger partial charge in [-0.3, -0.25) is 4.79 Å². The van der Waals surface area contributed by atoms with Gasteiger partial charge in [-0.25, -0.2) is 4.79 Å². The van der Waals surface area contributed by atoms with Crippen LogP contribution in [0.5, 0.6) is 11.5 Å². The summed E-state index contributed by atoms with van der Waals surface area (Å²) < 4.78 is 52.2. The molecule has 1 fully saturated rings. The average molecular weight is 459 g/mol. The van der Waals surface area contributed by atoms with Crippen molar-refractivity contribution in [1.82, 2.24) is 10.2 Å². The van der Waals surface area contributed by atoms with Gasteiger partial charge in [0, 0.05) is 38.3 Å². The first-order valence-electron chi connectivity index (χ1n) is 10.4. The minimum atomic E-state index is -4.82. The van der Waals surface area contributed by atoms with Crippen LogP contribution in [0.25, 0.3) is 0 Å². The summed E-state index contributed by atoms with van der Waals surface area (Å²) in [5.74, 6) is -0.406. The van der Waals surface area contributed by atoms with Gasteiger partial charge in [-0.15, -0.1) is 13.2 Å². The Morgan fingerprint density at radius 2 is 1.88 bits per heavy atom. The number of benzene rings is 1. The number of hydrogen-bond donors (Lipinski definition) is 1. The quantitative estimate of drug-likeness (QED) is 0.728. The number of fused-ring (bicyclic) bond motifs is 1. The standard InChI is InChI=1S/C21H28F3N3O5/c1-20(2,3)32-19(29)25-14-6-8-26(9-7-14)10-11-27-16-12-15(31-21(22,23)24)4-5-17(16)30-13-18(27)28/h4-5,12,14H,6-11,13H2,1-3H3,(H,25,29). The molecule has 0 unspecified atom stereocenters. The molecule has 0 bridgehead atoms. The van der Waals surface area contributed by atoms with Crippen LogP contribution in [-0.4, -0.2) is 67.7 Å². The molecule has 0 atom stereocenters. The molecule has 8 nitrogen and oxygen atoms in total.